The molecule has 7 nitrogen and oxygen atoms in total. The van der Waals surface area contributed by atoms with Crippen molar-refractivity contribution in [2.75, 3.05) is 19.5 Å². The Morgan fingerprint density at radius 3 is 2.72 bits per heavy atom. The van der Waals surface area contributed by atoms with E-state index in [9.17, 15) is 0 Å². The van der Waals surface area contributed by atoms with E-state index in [2.05, 4.69) is 32.9 Å². The number of thiophene rings is 1. The van der Waals surface area contributed by atoms with Crippen LogP contribution in [0.1, 0.15) is 28.1 Å². The van der Waals surface area contributed by atoms with E-state index in [0.29, 0.717) is 17.4 Å². The van der Waals surface area contributed by atoms with E-state index in [1.54, 1.807) is 31.9 Å². The number of benzene rings is 2. The first-order valence-corrected chi connectivity index (χ1v) is 11.1. The Hall–Kier alpha value is -3.78. The largest absolute Gasteiger partial charge is 0.493 e. The van der Waals surface area contributed by atoms with Gasteiger partial charge < -0.3 is 19.5 Å². The van der Waals surface area contributed by atoms with Crippen LogP contribution in [0.3, 0.4) is 0 Å². The van der Waals surface area contributed by atoms with Gasteiger partial charge in [0.15, 0.2) is 17.6 Å². The number of rotatable bonds is 4. The van der Waals surface area contributed by atoms with Crippen molar-refractivity contribution in [3.63, 3.8) is 0 Å². The number of nitrogens with one attached hydrogen (secondary N) is 1. The molecule has 160 valence electrons. The lowest BCUT2D eigenvalue weighted by molar-refractivity contribution is 0.226. The minimum absolute atomic E-state index is 0.232. The Morgan fingerprint density at radius 1 is 1.03 bits per heavy atom. The number of anilines is 1. The molecule has 2 atom stereocenters. The molecule has 0 unspecified atom stereocenters. The van der Waals surface area contributed by atoms with Crippen molar-refractivity contribution in [3.8, 4) is 17.2 Å². The highest BCUT2D eigenvalue weighted by Crippen LogP contribution is 2.51. The van der Waals surface area contributed by atoms with Gasteiger partial charge in [-0.25, -0.2) is 4.68 Å². The van der Waals surface area contributed by atoms with Gasteiger partial charge in [-0.05, 0) is 41.3 Å². The maximum atomic E-state index is 6.59. The minimum atomic E-state index is -0.261. The van der Waals surface area contributed by atoms with Crippen LogP contribution in [0, 0.1) is 0 Å². The maximum Gasteiger partial charge on any atom is 0.226 e. The molecule has 4 aromatic rings. The molecule has 1 N–H and O–H groups in total. The molecular formula is C24H20N4O3S. The molecule has 0 saturated heterocycles. The monoisotopic (exact) mass is 444 g/mol. The standard InChI is InChI=1S/C24H20N4O3S/c1-29-17-10-9-14(12-18(17)30-2)22-20-21(27-24-25-13-26-28(22)24)15-6-3-4-7-16(15)31-23(20)19-8-5-11-32-19/h3-13,22-23H,1-2H3,(H,25,26,27)/t22-,23+/m1/s1. The summed E-state index contributed by atoms with van der Waals surface area (Å²) in [6.07, 6.45) is 1.31. The zero-order valence-corrected chi connectivity index (χ0v) is 18.3. The van der Waals surface area contributed by atoms with E-state index >= 15 is 0 Å². The maximum absolute atomic E-state index is 6.59. The van der Waals surface area contributed by atoms with Crippen molar-refractivity contribution in [1.29, 1.82) is 0 Å². The lowest BCUT2D eigenvalue weighted by atomic mass is 9.86. The average Bonchev–Trinajstić information content (AvgIpc) is 3.54. The molecule has 8 heteroatoms. The molecule has 6 rings (SSSR count). The molecule has 2 aromatic carbocycles. The summed E-state index contributed by atoms with van der Waals surface area (Å²) in [7, 11) is 3.28. The van der Waals surface area contributed by atoms with Gasteiger partial charge in [-0.15, -0.1) is 11.3 Å². The van der Waals surface area contributed by atoms with E-state index in [-0.39, 0.29) is 12.1 Å². The molecular weight excluding hydrogens is 424 g/mol. The molecule has 0 aliphatic carbocycles. The van der Waals surface area contributed by atoms with E-state index < -0.39 is 0 Å². The fraction of sp³-hybridized carbons (Fsp3) is 0.167. The van der Waals surface area contributed by atoms with Crippen LogP contribution < -0.4 is 19.5 Å². The highest BCUT2D eigenvalue weighted by atomic mass is 32.1. The quantitative estimate of drug-likeness (QED) is 0.482. The highest BCUT2D eigenvalue weighted by molar-refractivity contribution is 7.10. The Labute approximate surface area is 188 Å². The third-order valence-corrected chi connectivity index (χ3v) is 6.76. The van der Waals surface area contributed by atoms with Gasteiger partial charge in [0, 0.05) is 16.0 Å². The molecule has 0 fully saturated rings. The van der Waals surface area contributed by atoms with Crippen LogP contribution in [0.4, 0.5) is 5.95 Å². The lowest BCUT2D eigenvalue weighted by Crippen LogP contribution is -2.32. The van der Waals surface area contributed by atoms with Crippen LogP contribution in [0.15, 0.2) is 71.9 Å². The van der Waals surface area contributed by atoms with Crippen molar-refractivity contribution in [1.82, 2.24) is 14.8 Å². The van der Waals surface area contributed by atoms with E-state index in [4.69, 9.17) is 14.2 Å². The SMILES string of the molecule is COc1ccc([C@@H]2C3=C(Nc4ncnn42)c2ccccc2O[C@H]3c2cccs2)cc1OC. The predicted octanol–water partition coefficient (Wildman–Crippen LogP) is 4.92. The number of fused-ring (bicyclic) bond motifs is 3. The Bertz CT molecular complexity index is 1330. The van der Waals surface area contributed by atoms with Crippen molar-refractivity contribution >= 4 is 23.0 Å². The van der Waals surface area contributed by atoms with Crippen LogP contribution in [0.25, 0.3) is 5.70 Å². The summed E-state index contributed by atoms with van der Waals surface area (Å²) in [5.74, 6) is 2.87. The zero-order chi connectivity index (χ0) is 21.7. The van der Waals surface area contributed by atoms with Gasteiger partial charge in [0.25, 0.3) is 0 Å². The summed E-state index contributed by atoms with van der Waals surface area (Å²) in [6, 6.07) is 18.0. The summed E-state index contributed by atoms with van der Waals surface area (Å²) >= 11 is 1.68. The van der Waals surface area contributed by atoms with Gasteiger partial charge in [0.1, 0.15) is 18.1 Å². The van der Waals surface area contributed by atoms with Crippen LogP contribution in [-0.4, -0.2) is 29.0 Å². The summed E-state index contributed by atoms with van der Waals surface area (Å²) in [5, 5.41) is 10.1. The average molecular weight is 445 g/mol. The zero-order valence-electron chi connectivity index (χ0n) is 17.5. The third kappa shape index (κ3) is 2.80. The first kappa shape index (κ1) is 18.9. The van der Waals surface area contributed by atoms with Crippen molar-refractivity contribution in [3.05, 3.63) is 87.9 Å². The molecule has 32 heavy (non-hydrogen) atoms. The number of ether oxygens (including phenoxy) is 3. The lowest BCUT2D eigenvalue weighted by Gasteiger charge is -2.38. The van der Waals surface area contributed by atoms with Gasteiger partial charge in [-0.1, -0.05) is 24.3 Å². The molecule has 2 aliphatic rings. The van der Waals surface area contributed by atoms with Gasteiger partial charge in [0.05, 0.1) is 19.9 Å². The molecule has 0 amide bonds. The van der Waals surface area contributed by atoms with E-state index in [0.717, 1.165) is 33.0 Å². The van der Waals surface area contributed by atoms with Gasteiger partial charge in [0.2, 0.25) is 5.95 Å². The summed E-state index contributed by atoms with van der Waals surface area (Å²) in [6.45, 7) is 0. The Morgan fingerprint density at radius 2 is 1.91 bits per heavy atom. The minimum Gasteiger partial charge on any atom is -0.493 e. The van der Waals surface area contributed by atoms with E-state index in [1.165, 1.54) is 0 Å². The number of nitrogens with zero attached hydrogens (tertiary/aromatic N) is 3. The number of methoxy groups -OCH3 is 2. The van der Waals surface area contributed by atoms with Crippen molar-refractivity contribution in [2.24, 2.45) is 0 Å². The van der Waals surface area contributed by atoms with Gasteiger partial charge in [-0.2, -0.15) is 10.1 Å². The predicted molar refractivity (Wildman–Crippen MR) is 122 cm³/mol. The summed E-state index contributed by atoms with van der Waals surface area (Å²) in [5.41, 5.74) is 4.10. The fourth-order valence-corrected chi connectivity index (χ4v) is 5.21. The van der Waals surface area contributed by atoms with Crippen molar-refractivity contribution < 1.29 is 14.2 Å². The number of hydrogen-bond donors (Lipinski definition) is 1. The second kappa shape index (κ2) is 7.42. The topological polar surface area (TPSA) is 70.4 Å². The number of hydrogen-bond acceptors (Lipinski definition) is 7. The summed E-state index contributed by atoms with van der Waals surface area (Å²) in [4.78, 5) is 5.60. The Kier molecular flexibility index (Phi) is 4.39. The smallest absolute Gasteiger partial charge is 0.226 e. The number of aromatic nitrogens is 3. The summed E-state index contributed by atoms with van der Waals surface area (Å²) < 4.78 is 19.5. The number of para-hydroxylation sites is 1. The molecule has 4 heterocycles. The second-order valence-electron chi connectivity index (χ2n) is 7.51. The third-order valence-electron chi connectivity index (χ3n) is 5.85. The second-order valence-corrected chi connectivity index (χ2v) is 8.49. The van der Waals surface area contributed by atoms with Crippen LogP contribution >= 0.6 is 11.3 Å². The Balaban J connectivity index is 1.62. The first-order valence-electron chi connectivity index (χ1n) is 10.2. The molecule has 0 radical (unpaired) electrons. The molecule has 2 aliphatic heterocycles. The van der Waals surface area contributed by atoms with Gasteiger partial charge in [-0.3, -0.25) is 0 Å². The molecule has 2 aromatic heterocycles. The molecule has 0 bridgehead atoms. The van der Waals surface area contributed by atoms with Crippen LogP contribution in [0.5, 0.6) is 17.2 Å². The van der Waals surface area contributed by atoms with E-state index in [1.807, 2.05) is 47.1 Å². The highest BCUT2D eigenvalue weighted by Gasteiger charge is 2.41. The fourth-order valence-electron chi connectivity index (χ4n) is 4.44. The van der Waals surface area contributed by atoms with Crippen LogP contribution in [-0.2, 0) is 0 Å². The first-order chi connectivity index (χ1) is 15.8. The molecule has 0 spiro atoms. The van der Waals surface area contributed by atoms with Crippen molar-refractivity contribution in [2.45, 2.75) is 12.1 Å². The van der Waals surface area contributed by atoms with Crippen LogP contribution in [0.2, 0.25) is 0 Å². The normalized spacial score (nSPS) is 18.7. The molecule has 0 saturated carbocycles. The van der Waals surface area contributed by atoms with Gasteiger partial charge >= 0.3 is 0 Å².